The monoisotopic (exact) mass is 650 g/mol. The number of hydrogen-bond donors (Lipinski definition) is 6. The Balaban J connectivity index is 0.000000191. The molecule has 0 unspecified atom stereocenters. The van der Waals surface area contributed by atoms with Crippen molar-refractivity contribution in [1.82, 2.24) is 0 Å². The molecule has 0 spiro atoms. The molecule has 0 radical (unpaired) electrons. The summed E-state index contributed by atoms with van der Waals surface area (Å²) in [6.45, 7) is 5.96. The number of nitrogens with two attached hydrogens (primary N) is 2. The van der Waals surface area contributed by atoms with Gasteiger partial charge in [0, 0.05) is 22.3 Å². The van der Waals surface area contributed by atoms with Crippen LogP contribution in [0, 0.1) is 20.8 Å². The molecule has 0 saturated carbocycles. The van der Waals surface area contributed by atoms with Gasteiger partial charge in [-0.2, -0.15) is 0 Å². The number of aryl methyl sites for hydroxylation is 3. The normalized spacial score (nSPS) is 11.5. The number of hydrogen-bond acceptors (Lipinski definition) is 6. The van der Waals surface area contributed by atoms with Crippen molar-refractivity contribution in [2.24, 2.45) is 21.8 Å². The second kappa shape index (κ2) is 14.9. The minimum Gasteiger partial charge on any atom is -0.508 e. The molecule has 6 aromatic rings. The van der Waals surface area contributed by atoms with Crippen LogP contribution in [0.3, 0.4) is 0 Å². The van der Waals surface area contributed by atoms with Crippen LogP contribution in [0.25, 0.3) is 44.5 Å². The SMILES string of the molecule is Cc1cc(C(N)=NO)c(-c2ccccc2)c(-c2ccc(O)cc2)c1.Cc1cccc(-c2c(C(N)=NO)cc(C)cc2-c2ccc(O)cc2)c1. The van der Waals surface area contributed by atoms with Crippen molar-refractivity contribution in [3.8, 4) is 56.0 Å². The van der Waals surface area contributed by atoms with Gasteiger partial charge in [0.25, 0.3) is 0 Å². The highest BCUT2D eigenvalue weighted by molar-refractivity contribution is 6.08. The van der Waals surface area contributed by atoms with Crippen molar-refractivity contribution in [3.63, 3.8) is 0 Å². The third-order valence-corrected chi connectivity index (χ3v) is 8.06. The zero-order valence-electron chi connectivity index (χ0n) is 27.5. The van der Waals surface area contributed by atoms with Crippen LogP contribution >= 0.6 is 0 Å². The van der Waals surface area contributed by atoms with Gasteiger partial charge in [0.15, 0.2) is 11.7 Å². The average molecular weight is 651 g/mol. The lowest BCUT2D eigenvalue weighted by Crippen LogP contribution is -2.15. The minimum absolute atomic E-state index is 0.0672. The Morgan fingerprint density at radius 2 is 0.878 bits per heavy atom. The first-order valence-corrected chi connectivity index (χ1v) is 15.6. The maximum atomic E-state index is 9.59. The predicted octanol–water partition coefficient (Wildman–Crippen LogP) is 8.57. The number of amidine groups is 2. The number of aromatic hydroxyl groups is 2. The van der Waals surface area contributed by atoms with E-state index in [0.717, 1.165) is 61.2 Å². The molecule has 0 aromatic heterocycles. The summed E-state index contributed by atoms with van der Waals surface area (Å²) in [6, 6.07) is 39.9. The first-order valence-electron chi connectivity index (χ1n) is 15.6. The third kappa shape index (κ3) is 7.72. The number of nitrogens with zero attached hydrogens (tertiary/aromatic N) is 2. The highest BCUT2D eigenvalue weighted by Gasteiger charge is 2.18. The van der Waals surface area contributed by atoms with Gasteiger partial charge in [0.05, 0.1) is 0 Å². The van der Waals surface area contributed by atoms with E-state index in [1.165, 1.54) is 0 Å². The van der Waals surface area contributed by atoms with E-state index in [4.69, 9.17) is 11.5 Å². The van der Waals surface area contributed by atoms with Crippen molar-refractivity contribution in [2.75, 3.05) is 0 Å². The second-order valence-electron chi connectivity index (χ2n) is 11.8. The minimum atomic E-state index is 0.0672. The van der Waals surface area contributed by atoms with Gasteiger partial charge in [-0.25, -0.2) is 0 Å². The van der Waals surface area contributed by atoms with E-state index in [1.54, 1.807) is 24.3 Å². The Labute approximate surface area is 285 Å². The van der Waals surface area contributed by atoms with Crippen LogP contribution in [0.2, 0.25) is 0 Å². The third-order valence-electron chi connectivity index (χ3n) is 8.06. The first-order chi connectivity index (χ1) is 23.6. The molecule has 8 N–H and O–H groups in total. The Morgan fingerprint density at radius 1 is 0.449 bits per heavy atom. The van der Waals surface area contributed by atoms with Gasteiger partial charge in [-0.3, -0.25) is 0 Å². The smallest absolute Gasteiger partial charge is 0.170 e. The summed E-state index contributed by atoms with van der Waals surface area (Å²) in [5.41, 5.74) is 24.0. The molecular formula is C41H38N4O4. The summed E-state index contributed by atoms with van der Waals surface area (Å²) in [4.78, 5) is 0. The molecule has 0 fully saturated rings. The Morgan fingerprint density at radius 3 is 1.31 bits per heavy atom. The van der Waals surface area contributed by atoms with E-state index in [1.807, 2.05) is 106 Å². The van der Waals surface area contributed by atoms with Crippen LogP contribution in [-0.2, 0) is 0 Å². The highest BCUT2D eigenvalue weighted by atomic mass is 16.4. The maximum absolute atomic E-state index is 9.59. The summed E-state index contributed by atoms with van der Waals surface area (Å²) in [5.74, 6) is 0.562. The lowest BCUT2D eigenvalue weighted by Gasteiger charge is -2.17. The molecule has 246 valence electrons. The molecule has 8 heteroatoms. The zero-order valence-corrected chi connectivity index (χ0v) is 27.5. The van der Waals surface area contributed by atoms with Crippen molar-refractivity contribution in [1.29, 1.82) is 0 Å². The highest BCUT2D eigenvalue weighted by Crippen LogP contribution is 2.38. The standard InChI is InChI=1S/C21H20N2O2.C20H18N2O2/c1-13-4-3-5-16(10-13)20-18(15-6-8-17(24)9-7-15)11-14(2)12-19(20)21(22)23-25;1-13-11-17(14-7-9-16(23)10-8-14)19(15-5-3-2-4-6-15)18(12-13)20(21)22-24/h3-12,24-25H,1-2H3,(H2,22,23);2-12,23-24H,1H3,(H2,21,22). The molecule has 0 atom stereocenters. The number of phenols is 2. The summed E-state index contributed by atoms with van der Waals surface area (Å²) in [6.07, 6.45) is 0. The van der Waals surface area contributed by atoms with Gasteiger partial charge in [-0.05, 0) is 102 Å². The molecule has 49 heavy (non-hydrogen) atoms. The zero-order chi connectivity index (χ0) is 35.1. The largest absolute Gasteiger partial charge is 0.508 e. The molecule has 0 saturated heterocycles. The first kappa shape index (κ1) is 33.8. The molecule has 0 aliphatic carbocycles. The van der Waals surface area contributed by atoms with Gasteiger partial charge in [0.1, 0.15) is 11.5 Å². The molecular weight excluding hydrogens is 612 g/mol. The fraction of sp³-hybridized carbons (Fsp3) is 0.0732. The summed E-state index contributed by atoms with van der Waals surface area (Å²) in [5, 5.41) is 44.0. The van der Waals surface area contributed by atoms with E-state index < -0.39 is 0 Å². The molecule has 0 aliphatic heterocycles. The maximum Gasteiger partial charge on any atom is 0.170 e. The quantitative estimate of drug-likeness (QED) is 0.0459. The lowest BCUT2D eigenvalue weighted by atomic mass is 9.88. The number of phenolic OH excluding ortho intramolecular Hbond substituents is 2. The van der Waals surface area contributed by atoms with Crippen LogP contribution in [-0.4, -0.2) is 32.3 Å². The second-order valence-corrected chi connectivity index (χ2v) is 11.8. The van der Waals surface area contributed by atoms with E-state index in [0.29, 0.717) is 11.1 Å². The number of benzene rings is 6. The Kier molecular flexibility index (Phi) is 10.3. The van der Waals surface area contributed by atoms with E-state index in [9.17, 15) is 20.6 Å². The molecule has 0 aliphatic rings. The molecule has 0 amide bonds. The van der Waals surface area contributed by atoms with Crippen LogP contribution in [0.15, 0.2) is 138 Å². The summed E-state index contributed by atoms with van der Waals surface area (Å²) in [7, 11) is 0. The molecule has 8 nitrogen and oxygen atoms in total. The molecule has 6 rings (SSSR count). The van der Waals surface area contributed by atoms with Gasteiger partial charge in [-0.1, -0.05) is 107 Å². The fourth-order valence-electron chi connectivity index (χ4n) is 5.85. The van der Waals surface area contributed by atoms with E-state index >= 15 is 0 Å². The van der Waals surface area contributed by atoms with Crippen LogP contribution < -0.4 is 11.5 Å². The van der Waals surface area contributed by atoms with Crippen LogP contribution in [0.5, 0.6) is 11.5 Å². The summed E-state index contributed by atoms with van der Waals surface area (Å²) >= 11 is 0. The molecule has 0 heterocycles. The fourth-order valence-corrected chi connectivity index (χ4v) is 5.85. The van der Waals surface area contributed by atoms with Crippen molar-refractivity contribution in [2.45, 2.75) is 20.8 Å². The molecule has 6 aromatic carbocycles. The topological polar surface area (TPSA) is 158 Å². The number of oxime groups is 2. The van der Waals surface area contributed by atoms with Crippen LogP contribution in [0.1, 0.15) is 27.8 Å². The van der Waals surface area contributed by atoms with Crippen molar-refractivity contribution < 1.29 is 20.6 Å². The Bertz CT molecular complexity index is 2140. The van der Waals surface area contributed by atoms with Crippen molar-refractivity contribution >= 4 is 11.7 Å². The van der Waals surface area contributed by atoms with Gasteiger partial charge in [0.2, 0.25) is 0 Å². The van der Waals surface area contributed by atoms with E-state index in [-0.39, 0.29) is 23.2 Å². The van der Waals surface area contributed by atoms with Gasteiger partial charge in [-0.15, -0.1) is 0 Å². The lowest BCUT2D eigenvalue weighted by molar-refractivity contribution is 0.318. The van der Waals surface area contributed by atoms with Crippen molar-refractivity contribution in [3.05, 3.63) is 155 Å². The Hall–Kier alpha value is -6.54. The van der Waals surface area contributed by atoms with E-state index in [2.05, 4.69) is 28.5 Å². The average Bonchev–Trinajstić information content (AvgIpc) is 3.11. The van der Waals surface area contributed by atoms with Gasteiger partial charge < -0.3 is 32.1 Å². The predicted molar refractivity (Wildman–Crippen MR) is 197 cm³/mol. The van der Waals surface area contributed by atoms with Crippen LogP contribution in [0.4, 0.5) is 0 Å². The molecule has 0 bridgehead atoms. The summed E-state index contributed by atoms with van der Waals surface area (Å²) < 4.78 is 0. The van der Waals surface area contributed by atoms with Gasteiger partial charge >= 0.3 is 0 Å². The number of rotatable bonds is 6.